The lowest BCUT2D eigenvalue weighted by molar-refractivity contribution is -0.128. The van der Waals surface area contributed by atoms with E-state index < -0.39 is 28.1 Å². The van der Waals surface area contributed by atoms with Gasteiger partial charge in [0.1, 0.15) is 17.2 Å². The monoisotopic (exact) mass is 434 g/mol. The highest BCUT2D eigenvalue weighted by Crippen LogP contribution is 2.35. The minimum Gasteiger partial charge on any atom is -0.497 e. The van der Waals surface area contributed by atoms with Crippen molar-refractivity contribution in [3.8, 4) is 17.2 Å². The van der Waals surface area contributed by atoms with E-state index in [0.717, 1.165) is 5.56 Å². The number of rotatable bonds is 7. The molecule has 3 rings (SSSR count). The van der Waals surface area contributed by atoms with Crippen molar-refractivity contribution < 1.29 is 27.4 Å². The van der Waals surface area contributed by atoms with E-state index in [2.05, 4.69) is 5.32 Å². The molecule has 0 aliphatic carbocycles. The Bertz CT molecular complexity index is 1020. The van der Waals surface area contributed by atoms with Gasteiger partial charge in [0.25, 0.3) is 5.91 Å². The molecule has 0 fully saturated rings. The maximum absolute atomic E-state index is 13.0. The molecule has 1 amide bonds. The fourth-order valence-electron chi connectivity index (χ4n) is 3.32. The Kier molecular flexibility index (Phi) is 6.40. The summed E-state index contributed by atoms with van der Waals surface area (Å²) in [6, 6.07) is 11.7. The number of ether oxygens (including phenoxy) is 3. The number of benzene rings is 2. The molecule has 162 valence electrons. The summed E-state index contributed by atoms with van der Waals surface area (Å²) in [5.74, 6) is 1.10. The van der Waals surface area contributed by atoms with Gasteiger partial charge in [0.2, 0.25) is 10.0 Å². The maximum Gasteiger partial charge on any atom is 0.263 e. The molecule has 0 saturated carbocycles. The highest BCUT2D eigenvalue weighted by atomic mass is 32.2. The van der Waals surface area contributed by atoms with Gasteiger partial charge in [0.05, 0.1) is 38.2 Å². The van der Waals surface area contributed by atoms with Gasteiger partial charge >= 0.3 is 0 Å². The number of para-hydroxylation sites is 2. The molecule has 2 aromatic carbocycles. The van der Waals surface area contributed by atoms with Gasteiger partial charge in [-0.15, -0.1) is 0 Å². The molecule has 30 heavy (non-hydrogen) atoms. The van der Waals surface area contributed by atoms with Crippen molar-refractivity contribution in [2.45, 2.75) is 26.0 Å². The Morgan fingerprint density at radius 2 is 1.97 bits per heavy atom. The summed E-state index contributed by atoms with van der Waals surface area (Å²) in [7, 11) is -0.454. The molecule has 1 heterocycles. The van der Waals surface area contributed by atoms with Gasteiger partial charge < -0.3 is 19.5 Å². The molecule has 8 nitrogen and oxygen atoms in total. The average molecular weight is 435 g/mol. The van der Waals surface area contributed by atoms with Crippen molar-refractivity contribution >= 4 is 21.6 Å². The third-order valence-corrected chi connectivity index (χ3v) is 6.74. The zero-order valence-electron chi connectivity index (χ0n) is 17.4. The minimum absolute atomic E-state index is 0.0763. The van der Waals surface area contributed by atoms with Crippen LogP contribution in [0, 0.1) is 0 Å². The first-order valence-electron chi connectivity index (χ1n) is 9.59. The lowest BCUT2D eigenvalue weighted by Crippen LogP contribution is -2.51. The number of carbonyl (C=O) groups is 1. The summed E-state index contributed by atoms with van der Waals surface area (Å²) in [6.07, 6.45) is -0.986. The molecule has 0 unspecified atom stereocenters. The van der Waals surface area contributed by atoms with Gasteiger partial charge in [-0.25, -0.2) is 8.42 Å². The summed E-state index contributed by atoms with van der Waals surface area (Å²) in [5, 5.41) is 2.89. The predicted octanol–water partition coefficient (Wildman–Crippen LogP) is 2.50. The average Bonchev–Trinajstić information content (AvgIpc) is 2.77. The first kappa shape index (κ1) is 21.8. The van der Waals surface area contributed by atoms with E-state index in [1.807, 2.05) is 6.92 Å². The van der Waals surface area contributed by atoms with Crippen molar-refractivity contribution in [1.82, 2.24) is 5.32 Å². The van der Waals surface area contributed by atoms with Crippen LogP contribution in [0.2, 0.25) is 0 Å². The highest BCUT2D eigenvalue weighted by molar-refractivity contribution is 7.92. The summed E-state index contributed by atoms with van der Waals surface area (Å²) in [6.45, 7) is 3.28. The van der Waals surface area contributed by atoms with Crippen LogP contribution in [-0.2, 0) is 14.8 Å². The van der Waals surface area contributed by atoms with Crippen LogP contribution in [0.5, 0.6) is 17.2 Å². The van der Waals surface area contributed by atoms with Crippen LogP contribution in [0.25, 0.3) is 0 Å². The lowest BCUT2D eigenvalue weighted by atomic mass is 10.1. The number of carbonyl (C=O) groups excluding carboxylic acids is 1. The van der Waals surface area contributed by atoms with E-state index in [1.165, 1.54) is 4.31 Å². The second kappa shape index (κ2) is 8.83. The Balaban J connectivity index is 1.84. The molecule has 9 heteroatoms. The molecular weight excluding hydrogens is 408 g/mol. The molecule has 0 saturated heterocycles. The quantitative estimate of drug-likeness (QED) is 0.720. The fraction of sp³-hybridized carbons (Fsp3) is 0.381. The van der Waals surface area contributed by atoms with Crippen LogP contribution in [-0.4, -0.2) is 46.9 Å². The van der Waals surface area contributed by atoms with E-state index >= 15 is 0 Å². The maximum atomic E-state index is 13.0. The number of fused-ring (bicyclic) bond motifs is 1. The number of hydrogen-bond acceptors (Lipinski definition) is 6. The first-order valence-corrected chi connectivity index (χ1v) is 11.2. The lowest BCUT2D eigenvalue weighted by Gasteiger charge is -2.35. The molecule has 2 aromatic rings. The van der Waals surface area contributed by atoms with Gasteiger partial charge in [0.15, 0.2) is 6.10 Å². The molecule has 1 N–H and O–H groups in total. The van der Waals surface area contributed by atoms with Crippen LogP contribution < -0.4 is 23.8 Å². The molecular formula is C21H26N2O6S. The Hall–Kier alpha value is -2.94. The third kappa shape index (κ3) is 4.30. The number of hydrogen-bond donors (Lipinski definition) is 1. The second-order valence-corrected chi connectivity index (χ2v) is 9.03. The second-order valence-electron chi connectivity index (χ2n) is 6.84. The Labute approximate surface area is 176 Å². The number of sulfonamides is 1. The van der Waals surface area contributed by atoms with Crippen molar-refractivity contribution in [2.75, 3.05) is 30.8 Å². The van der Waals surface area contributed by atoms with E-state index in [1.54, 1.807) is 63.6 Å². The summed E-state index contributed by atoms with van der Waals surface area (Å²) in [5.41, 5.74) is 1.17. The topological polar surface area (TPSA) is 94.2 Å². The normalized spacial score (nSPS) is 16.8. The van der Waals surface area contributed by atoms with Crippen LogP contribution in [0.3, 0.4) is 0 Å². The van der Waals surface area contributed by atoms with Crippen LogP contribution >= 0.6 is 0 Å². The van der Waals surface area contributed by atoms with E-state index in [4.69, 9.17) is 14.2 Å². The zero-order chi connectivity index (χ0) is 21.9. The Morgan fingerprint density at radius 1 is 1.23 bits per heavy atom. The molecule has 2 atom stereocenters. The zero-order valence-corrected chi connectivity index (χ0v) is 18.2. The van der Waals surface area contributed by atoms with Crippen molar-refractivity contribution in [2.24, 2.45) is 0 Å². The van der Waals surface area contributed by atoms with E-state index in [9.17, 15) is 13.2 Å². The van der Waals surface area contributed by atoms with Crippen LogP contribution in [0.4, 0.5) is 5.69 Å². The SMILES string of the molecule is CCS(=O)(=O)N1C[C@@H](C(=O)N[C@H](C)c2cc(OC)ccc2OC)Oc2ccccc21. The van der Waals surface area contributed by atoms with Gasteiger partial charge in [0, 0.05) is 5.56 Å². The summed E-state index contributed by atoms with van der Waals surface area (Å²) >= 11 is 0. The molecule has 0 bridgehead atoms. The number of methoxy groups -OCH3 is 2. The smallest absolute Gasteiger partial charge is 0.263 e. The third-order valence-electron chi connectivity index (χ3n) is 4.99. The van der Waals surface area contributed by atoms with Crippen molar-refractivity contribution in [1.29, 1.82) is 0 Å². The number of anilines is 1. The predicted molar refractivity (Wildman–Crippen MR) is 114 cm³/mol. The van der Waals surface area contributed by atoms with Crippen molar-refractivity contribution in [3.05, 3.63) is 48.0 Å². The molecule has 1 aliphatic rings. The highest BCUT2D eigenvalue weighted by Gasteiger charge is 2.36. The van der Waals surface area contributed by atoms with Gasteiger partial charge in [-0.3, -0.25) is 9.10 Å². The van der Waals surface area contributed by atoms with E-state index in [0.29, 0.717) is 22.9 Å². The number of amides is 1. The van der Waals surface area contributed by atoms with Crippen LogP contribution in [0.15, 0.2) is 42.5 Å². The standard InChI is InChI=1S/C21H26N2O6S/c1-5-30(25,26)23-13-20(29-19-9-7-6-8-17(19)23)21(24)22-14(2)16-12-15(27-3)10-11-18(16)28-4/h6-12,14,20H,5,13H2,1-4H3,(H,22,24)/t14-,20+/m1/s1. The first-order chi connectivity index (χ1) is 14.3. The number of nitrogens with zero attached hydrogens (tertiary/aromatic N) is 1. The fourth-order valence-corrected chi connectivity index (χ4v) is 4.44. The van der Waals surface area contributed by atoms with E-state index in [-0.39, 0.29) is 12.3 Å². The Morgan fingerprint density at radius 3 is 2.63 bits per heavy atom. The van der Waals surface area contributed by atoms with Crippen LogP contribution in [0.1, 0.15) is 25.5 Å². The largest absolute Gasteiger partial charge is 0.497 e. The van der Waals surface area contributed by atoms with Crippen molar-refractivity contribution in [3.63, 3.8) is 0 Å². The summed E-state index contributed by atoms with van der Waals surface area (Å²) < 4.78 is 42.9. The van der Waals surface area contributed by atoms with Gasteiger partial charge in [-0.2, -0.15) is 0 Å². The molecule has 0 spiro atoms. The molecule has 0 radical (unpaired) electrons. The van der Waals surface area contributed by atoms with Gasteiger partial charge in [-0.1, -0.05) is 12.1 Å². The van der Waals surface area contributed by atoms with Gasteiger partial charge in [-0.05, 0) is 44.2 Å². The number of nitrogens with one attached hydrogen (secondary N) is 1. The molecule has 0 aromatic heterocycles. The summed E-state index contributed by atoms with van der Waals surface area (Å²) in [4.78, 5) is 13.0. The minimum atomic E-state index is -3.56. The molecule has 1 aliphatic heterocycles.